The highest BCUT2D eigenvalue weighted by Crippen LogP contribution is 2.28. The van der Waals surface area contributed by atoms with Gasteiger partial charge in [0.2, 0.25) is 5.88 Å². The van der Waals surface area contributed by atoms with E-state index in [2.05, 4.69) is 32.9 Å². The lowest BCUT2D eigenvalue weighted by Gasteiger charge is -2.38. The van der Waals surface area contributed by atoms with Gasteiger partial charge in [-0.15, -0.1) is 0 Å². The average Bonchev–Trinajstić information content (AvgIpc) is 2.79. The van der Waals surface area contributed by atoms with Crippen molar-refractivity contribution in [3.8, 4) is 0 Å². The van der Waals surface area contributed by atoms with Crippen LogP contribution in [0.25, 0.3) is 0 Å². The summed E-state index contributed by atoms with van der Waals surface area (Å²) in [5, 5.41) is 0. The number of hydrogen-bond acceptors (Lipinski definition) is 6. The minimum absolute atomic E-state index is 0.281. The van der Waals surface area contributed by atoms with E-state index in [0.29, 0.717) is 6.54 Å². The third-order valence-electron chi connectivity index (χ3n) is 6.58. The average molecular weight is 414 g/mol. The number of hydrogen-bond donors (Lipinski definition) is 0. The van der Waals surface area contributed by atoms with E-state index >= 15 is 0 Å². The number of allylic oxidation sites excluding steroid dienone is 4. The van der Waals surface area contributed by atoms with Gasteiger partial charge in [0, 0.05) is 26.2 Å². The van der Waals surface area contributed by atoms with Gasteiger partial charge in [0.25, 0.3) is 0 Å². The Morgan fingerprint density at radius 3 is 2.57 bits per heavy atom. The number of rotatable bonds is 7. The van der Waals surface area contributed by atoms with Gasteiger partial charge in [-0.2, -0.15) is 0 Å². The molecule has 0 aromatic heterocycles. The fourth-order valence-electron chi connectivity index (χ4n) is 4.71. The highest BCUT2D eigenvalue weighted by atomic mass is 16.6. The molecule has 0 unspecified atom stereocenters. The van der Waals surface area contributed by atoms with Gasteiger partial charge >= 0.3 is 0 Å². The van der Waals surface area contributed by atoms with E-state index in [9.17, 15) is 4.79 Å². The molecule has 3 heterocycles. The van der Waals surface area contributed by atoms with Crippen molar-refractivity contribution in [2.45, 2.75) is 39.0 Å². The molecule has 2 saturated heterocycles. The first-order valence-corrected chi connectivity index (χ1v) is 11.5. The molecule has 0 saturated carbocycles. The lowest BCUT2D eigenvalue weighted by Crippen LogP contribution is -2.47. The van der Waals surface area contributed by atoms with E-state index in [0.717, 1.165) is 69.7 Å². The second-order valence-corrected chi connectivity index (χ2v) is 8.87. The summed E-state index contributed by atoms with van der Waals surface area (Å²) in [7, 11) is 0. The van der Waals surface area contributed by atoms with Gasteiger partial charge in [0.1, 0.15) is 12.0 Å². The van der Waals surface area contributed by atoms with Crippen molar-refractivity contribution in [3.05, 3.63) is 48.0 Å². The second-order valence-electron chi connectivity index (χ2n) is 8.87. The summed E-state index contributed by atoms with van der Waals surface area (Å²) in [6, 6.07) is 0. The standard InChI is InChI=1S/C24H35N3O3/c1-20(28)17-26-11-8-21(9-12-26)7-10-25-13-15-27(16-14-25)24-19-29-18-23(30-24)22-5-3-2-4-6-22/h2-3,5,18-19,21H,4,6-17H2,1H3. The van der Waals surface area contributed by atoms with Crippen LogP contribution in [0, 0.1) is 5.92 Å². The van der Waals surface area contributed by atoms with Gasteiger partial charge in [-0.25, -0.2) is 0 Å². The van der Waals surface area contributed by atoms with Gasteiger partial charge in [-0.3, -0.25) is 14.6 Å². The molecule has 164 valence electrons. The summed E-state index contributed by atoms with van der Waals surface area (Å²) in [5.74, 6) is 2.76. The maximum Gasteiger partial charge on any atom is 0.231 e. The van der Waals surface area contributed by atoms with Crippen molar-refractivity contribution in [3.63, 3.8) is 0 Å². The number of ether oxygens (including phenoxy) is 2. The monoisotopic (exact) mass is 413 g/mol. The Morgan fingerprint density at radius 2 is 1.87 bits per heavy atom. The van der Waals surface area contributed by atoms with Crippen molar-refractivity contribution in [2.24, 2.45) is 5.92 Å². The predicted molar refractivity (Wildman–Crippen MR) is 117 cm³/mol. The molecule has 6 heteroatoms. The Kier molecular flexibility index (Phi) is 7.28. The van der Waals surface area contributed by atoms with Crippen molar-refractivity contribution in [1.29, 1.82) is 0 Å². The molecular formula is C24H35N3O3. The van der Waals surface area contributed by atoms with Crippen LogP contribution in [-0.4, -0.2) is 72.8 Å². The SMILES string of the molecule is CC(=O)CN1CCC(CCN2CCN(C3=COC=C(C4=CC=CCC4)O3)CC2)CC1. The number of ketones is 1. The molecule has 0 aromatic rings. The van der Waals surface area contributed by atoms with Crippen molar-refractivity contribution >= 4 is 5.78 Å². The van der Waals surface area contributed by atoms with Gasteiger partial charge in [-0.1, -0.05) is 18.2 Å². The van der Waals surface area contributed by atoms with Crippen molar-refractivity contribution in [1.82, 2.24) is 14.7 Å². The van der Waals surface area contributed by atoms with Crippen molar-refractivity contribution < 1.29 is 14.3 Å². The third-order valence-corrected chi connectivity index (χ3v) is 6.58. The highest BCUT2D eigenvalue weighted by molar-refractivity contribution is 5.77. The molecule has 4 rings (SSSR count). The highest BCUT2D eigenvalue weighted by Gasteiger charge is 2.25. The molecule has 0 atom stereocenters. The van der Waals surface area contributed by atoms with E-state index < -0.39 is 0 Å². The number of piperidine rings is 1. The molecule has 2 fully saturated rings. The minimum atomic E-state index is 0.281. The maximum absolute atomic E-state index is 11.3. The van der Waals surface area contributed by atoms with Crippen LogP contribution in [0.4, 0.5) is 0 Å². The Morgan fingerprint density at radius 1 is 1.07 bits per heavy atom. The molecule has 3 aliphatic heterocycles. The summed E-state index contributed by atoms with van der Waals surface area (Å²) < 4.78 is 11.8. The Labute approximate surface area is 180 Å². The van der Waals surface area contributed by atoms with Crippen LogP contribution in [0.5, 0.6) is 0 Å². The first-order valence-electron chi connectivity index (χ1n) is 11.5. The number of likely N-dealkylation sites (tertiary alicyclic amines) is 1. The van der Waals surface area contributed by atoms with Gasteiger partial charge in [0.15, 0.2) is 12.0 Å². The smallest absolute Gasteiger partial charge is 0.231 e. The van der Waals surface area contributed by atoms with Crippen LogP contribution < -0.4 is 0 Å². The summed E-state index contributed by atoms with van der Waals surface area (Å²) in [6.45, 7) is 9.71. The van der Waals surface area contributed by atoms with Crippen LogP contribution in [0.3, 0.4) is 0 Å². The molecule has 0 N–H and O–H groups in total. The fourth-order valence-corrected chi connectivity index (χ4v) is 4.71. The quantitative estimate of drug-likeness (QED) is 0.638. The molecular weight excluding hydrogens is 378 g/mol. The Hall–Kier alpha value is -2.05. The predicted octanol–water partition coefficient (Wildman–Crippen LogP) is 3.26. The summed E-state index contributed by atoms with van der Waals surface area (Å²) in [4.78, 5) is 18.5. The van der Waals surface area contributed by atoms with Crippen LogP contribution in [0.1, 0.15) is 39.0 Å². The van der Waals surface area contributed by atoms with Gasteiger partial charge in [0.05, 0.1) is 6.54 Å². The summed E-state index contributed by atoms with van der Waals surface area (Å²) in [6.07, 6.45) is 15.6. The van der Waals surface area contributed by atoms with E-state index in [1.807, 2.05) is 0 Å². The zero-order chi connectivity index (χ0) is 20.8. The molecule has 1 aliphatic carbocycles. The van der Waals surface area contributed by atoms with E-state index in [4.69, 9.17) is 9.47 Å². The van der Waals surface area contributed by atoms with E-state index in [1.54, 1.807) is 19.4 Å². The molecule has 0 bridgehead atoms. The molecule has 0 aromatic carbocycles. The zero-order valence-corrected chi connectivity index (χ0v) is 18.2. The van der Waals surface area contributed by atoms with Gasteiger partial charge < -0.3 is 14.4 Å². The number of piperazine rings is 1. The fraction of sp³-hybridized carbons (Fsp3) is 0.625. The first kappa shape index (κ1) is 21.2. The lowest BCUT2D eigenvalue weighted by atomic mass is 9.93. The lowest BCUT2D eigenvalue weighted by molar-refractivity contribution is -0.118. The number of carbonyl (C=O) groups excluding carboxylic acids is 1. The molecule has 6 nitrogen and oxygen atoms in total. The van der Waals surface area contributed by atoms with Crippen LogP contribution >= 0.6 is 0 Å². The number of carbonyl (C=O) groups is 1. The summed E-state index contributed by atoms with van der Waals surface area (Å²) >= 11 is 0. The first-order chi connectivity index (χ1) is 14.7. The number of nitrogens with zero attached hydrogens (tertiary/aromatic N) is 3. The zero-order valence-electron chi connectivity index (χ0n) is 18.2. The largest absolute Gasteiger partial charge is 0.463 e. The van der Waals surface area contributed by atoms with E-state index in [1.165, 1.54) is 31.4 Å². The minimum Gasteiger partial charge on any atom is -0.463 e. The van der Waals surface area contributed by atoms with Gasteiger partial charge in [-0.05, 0) is 70.2 Å². The summed E-state index contributed by atoms with van der Waals surface area (Å²) in [5.41, 5.74) is 1.20. The van der Waals surface area contributed by atoms with Crippen LogP contribution in [-0.2, 0) is 14.3 Å². The normalized spacial score (nSPS) is 23.9. The van der Waals surface area contributed by atoms with Crippen LogP contribution in [0.15, 0.2) is 48.0 Å². The maximum atomic E-state index is 11.3. The molecule has 30 heavy (non-hydrogen) atoms. The Balaban J connectivity index is 1.16. The Bertz CT molecular complexity index is 724. The molecule has 0 radical (unpaired) electrons. The third kappa shape index (κ3) is 5.76. The molecule has 0 amide bonds. The van der Waals surface area contributed by atoms with E-state index in [-0.39, 0.29) is 5.78 Å². The number of Topliss-reactive ketones (excluding diaryl/α,β-unsaturated/α-hetero) is 1. The topological polar surface area (TPSA) is 45.3 Å². The second kappa shape index (κ2) is 10.3. The molecule has 0 spiro atoms. The van der Waals surface area contributed by atoms with Crippen molar-refractivity contribution in [2.75, 3.05) is 52.4 Å². The molecule has 4 aliphatic rings. The van der Waals surface area contributed by atoms with Crippen LogP contribution in [0.2, 0.25) is 0 Å².